The summed E-state index contributed by atoms with van der Waals surface area (Å²) in [5.74, 6) is 0. The van der Waals surface area contributed by atoms with Crippen molar-refractivity contribution in [3.05, 3.63) is 101 Å². The highest BCUT2D eigenvalue weighted by atomic mass is 16.6. The molecule has 0 unspecified atom stereocenters. The van der Waals surface area contributed by atoms with E-state index in [1.165, 1.54) is 5.56 Å². The lowest BCUT2D eigenvalue weighted by molar-refractivity contribution is 0.148. The molecular weight excluding hydrogens is 296 g/mol. The third kappa shape index (κ3) is 4.07. The average molecular weight is 316 g/mol. The van der Waals surface area contributed by atoms with Crippen LogP contribution in [0.5, 0.6) is 0 Å². The van der Waals surface area contributed by atoms with Crippen LogP contribution in [-0.4, -0.2) is 17.3 Å². The first-order chi connectivity index (χ1) is 11.8. The molecule has 0 amide bonds. The standard InChI is InChI=1S/C21H20N2O/c1-17-8-5-6-12-20(17)21(19-11-7-14-22-16-19)23-24-15-13-18-9-3-2-4-10-18/h2-12,14,16H,13,15H2,1H3. The van der Waals surface area contributed by atoms with Gasteiger partial charge in [-0.2, -0.15) is 0 Å². The van der Waals surface area contributed by atoms with Crippen LogP contribution in [0.3, 0.4) is 0 Å². The third-order valence-electron chi connectivity index (χ3n) is 3.82. The SMILES string of the molecule is Cc1ccccc1C(=NOCCc1ccccc1)c1cccnc1. The lowest BCUT2D eigenvalue weighted by atomic mass is 10.00. The van der Waals surface area contributed by atoms with Crippen LogP contribution in [0.1, 0.15) is 22.3 Å². The van der Waals surface area contributed by atoms with E-state index in [1.54, 1.807) is 6.20 Å². The highest BCUT2D eigenvalue weighted by molar-refractivity contribution is 6.13. The lowest BCUT2D eigenvalue weighted by Gasteiger charge is -2.10. The molecule has 3 rings (SSSR count). The minimum atomic E-state index is 0.541. The molecule has 0 fully saturated rings. The molecule has 24 heavy (non-hydrogen) atoms. The normalized spacial score (nSPS) is 11.3. The fourth-order valence-corrected chi connectivity index (χ4v) is 2.52. The first-order valence-corrected chi connectivity index (χ1v) is 8.05. The number of hydrogen-bond donors (Lipinski definition) is 0. The van der Waals surface area contributed by atoms with Gasteiger partial charge >= 0.3 is 0 Å². The van der Waals surface area contributed by atoms with E-state index in [0.29, 0.717) is 6.61 Å². The predicted octanol–water partition coefficient (Wildman–Crippen LogP) is 4.40. The van der Waals surface area contributed by atoms with E-state index >= 15 is 0 Å². The first kappa shape index (κ1) is 15.9. The molecule has 0 saturated carbocycles. The van der Waals surface area contributed by atoms with E-state index in [0.717, 1.165) is 28.8 Å². The van der Waals surface area contributed by atoms with Gasteiger partial charge in [0.1, 0.15) is 12.3 Å². The van der Waals surface area contributed by atoms with Crippen molar-refractivity contribution in [3.8, 4) is 0 Å². The van der Waals surface area contributed by atoms with Gasteiger partial charge in [0.2, 0.25) is 0 Å². The number of aromatic nitrogens is 1. The zero-order valence-corrected chi connectivity index (χ0v) is 13.7. The predicted molar refractivity (Wildman–Crippen MR) is 97.2 cm³/mol. The van der Waals surface area contributed by atoms with Crippen molar-refractivity contribution in [1.29, 1.82) is 0 Å². The number of hydrogen-bond acceptors (Lipinski definition) is 3. The maximum Gasteiger partial charge on any atom is 0.121 e. The van der Waals surface area contributed by atoms with Crippen molar-refractivity contribution in [2.24, 2.45) is 5.16 Å². The summed E-state index contributed by atoms with van der Waals surface area (Å²) in [5, 5.41) is 4.42. The number of benzene rings is 2. The Balaban J connectivity index is 1.79. The van der Waals surface area contributed by atoms with Gasteiger partial charge < -0.3 is 4.84 Å². The Hall–Kier alpha value is -2.94. The van der Waals surface area contributed by atoms with Crippen molar-refractivity contribution in [2.75, 3.05) is 6.61 Å². The molecule has 0 N–H and O–H groups in total. The summed E-state index contributed by atoms with van der Waals surface area (Å²) in [6.45, 7) is 2.62. The molecule has 1 aromatic heterocycles. The van der Waals surface area contributed by atoms with Crippen molar-refractivity contribution < 1.29 is 4.84 Å². The van der Waals surface area contributed by atoms with Crippen LogP contribution in [0, 0.1) is 6.92 Å². The second-order valence-electron chi connectivity index (χ2n) is 5.57. The summed E-state index contributed by atoms with van der Waals surface area (Å²) >= 11 is 0. The largest absolute Gasteiger partial charge is 0.395 e. The van der Waals surface area contributed by atoms with Gasteiger partial charge in [-0.3, -0.25) is 4.98 Å². The van der Waals surface area contributed by atoms with E-state index in [-0.39, 0.29) is 0 Å². The van der Waals surface area contributed by atoms with Crippen LogP contribution < -0.4 is 0 Å². The Labute approximate surface area is 142 Å². The van der Waals surface area contributed by atoms with Gasteiger partial charge in [-0.15, -0.1) is 0 Å². The van der Waals surface area contributed by atoms with Crippen LogP contribution in [0.4, 0.5) is 0 Å². The Morgan fingerprint density at radius 3 is 2.50 bits per heavy atom. The second kappa shape index (κ2) is 8.06. The Bertz CT molecular complexity index is 798. The van der Waals surface area contributed by atoms with Gasteiger partial charge in [0.05, 0.1) is 0 Å². The number of pyridine rings is 1. The van der Waals surface area contributed by atoms with E-state index in [1.807, 2.05) is 48.7 Å². The molecule has 0 atom stereocenters. The summed E-state index contributed by atoms with van der Waals surface area (Å²) < 4.78 is 0. The molecule has 3 aromatic rings. The minimum absolute atomic E-state index is 0.541. The minimum Gasteiger partial charge on any atom is -0.395 e. The van der Waals surface area contributed by atoms with Crippen molar-refractivity contribution >= 4 is 5.71 Å². The van der Waals surface area contributed by atoms with Gasteiger partial charge in [0, 0.05) is 29.9 Å². The first-order valence-electron chi connectivity index (χ1n) is 8.05. The zero-order chi connectivity index (χ0) is 16.6. The van der Waals surface area contributed by atoms with Gasteiger partial charge in [0.15, 0.2) is 0 Å². The van der Waals surface area contributed by atoms with Crippen LogP contribution >= 0.6 is 0 Å². The molecule has 3 heteroatoms. The summed E-state index contributed by atoms with van der Waals surface area (Å²) in [6.07, 6.45) is 4.40. The molecule has 0 spiro atoms. The summed E-state index contributed by atoms with van der Waals surface area (Å²) in [5.41, 5.74) is 5.23. The van der Waals surface area contributed by atoms with Crippen molar-refractivity contribution in [2.45, 2.75) is 13.3 Å². The molecule has 0 aliphatic carbocycles. The maximum atomic E-state index is 5.62. The van der Waals surface area contributed by atoms with Crippen LogP contribution in [-0.2, 0) is 11.3 Å². The van der Waals surface area contributed by atoms with Crippen LogP contribution in [0.2, 0.25) is 0 Å². The molecule has 2 aromatic carbocycles. The van der Waals surface area contributed by atoms with Gasteiger partial charge in [0.25, 0.3) is 0 Å². The lowest BCUT2D eigenvalue weighted by Crippen LogP contribution is -2.07. The highest BCUT2D eigenvalue weighted by Crippen LogP contribution is 2.15. The number of rotatable bonds is 6. The maximum absolute atomic E-state index is 5.62. The van der Waals surface area contributed by atoms with Crippen LogP contribution in [0.25, 0.3) is 0 Å². The van der Waals surface area contributed by atoms with E-state index in [4.69, 9.17) is 4.84 Å². The smallest absolute Gasteiger partial charge is 0.121 e. The van der Waals surface area contributed by atoms with E-state index in [9.17, 15) is 0 Å². The Kier molecular flexibility index (Phi) is 5.36. The topological polar surface area (TPSA) is 34.5 Å². The summed E-state index contributed by atoms with van der Waals surface area (Å²) in [7, 11) is 0. The summed E-state index contributed by atoms with van der Waals surface area (Å²) in [4.78, 5) is 9.82. The Morgan fingerprint density at radius 1 is 0.958 bits per heavy atom. The van der Waals surface area contributed by atoms with Gasteiger partial charge in [-0.1, -0.05) is 59.8 Å². The monoisotopic (exact) mass is 316 g/mol. The average Bonchev–Trinajstić information content (AvgIpc) is 2.64. The molecular formula is C21H20N2O. The fourth-order valence-electron chi connectivity index (χ4n) is 2.52. The fraction of sp³-hybridized carbons (Fsp3) is 0.143. The van der Waals surface area contributed by atoms with Gasteiger partial charge in [-0.05, 0) is 30.2 Å². The van der Waals surface area contributed by atoms with Gasteiger partial charge in [-0.25, -0.2) is 0 Å². The number of oxime groups is 1. The Morgan fingerprint density at radius 2 is 1.75 bits per heavy atom. The second-order valence-corrected chi connectivity index (χ2v) is 5.57. The van der Waals surface area contributed by atoms with E-state index < -0.39 is 0 Å². The molecule has 0 aliphatic heterocycles. The third-order valence-corrected chi connectivity index (χ3v) is 3.82. The molecule has 0 aliphatic rings. The number of nitrogens with zero attached hydrogens (tertiary/aromatic N) is 2. The molecule has 0 bridgehead atoms. The van der Waals surface area contributed by atoms with Crippen molar-refractivity contribution in [3.63, 3.8) is 0 Å². The van der Waals surface area contributed by atoms with E-state index in [2.05, 4.69) is 41.3 Å². The zero-order valence-electron chi connectivity index (χ0n) is 13.7. The summed E-state index contributed by atoms with van der Waals surface area (Å²) in [6, 6.07) is 22.3. The molecule has 0 saturated heterocycles. The quantitative estimate of drug-likeness (QED) is 0.384. The molecule has 3 nitrogen and oxygen atoms in total. The van der Waals surface area contributed by atoms with Crippen molar-refractivity contribution in [1.82, 2.24) is 4.98 Å². The highest BCUT2D eigenvalue weighted by Gasteiger charge is 2.10. The number of aryl methyl sites for hydroxylation is 1. The molecule has 0 radical (unpaired) electrons. The molecule has 1 heterocycles. The molecule has 120 valence electrons. The van der Waals surface area contributed by atoms with Crippen LogP contribution in [0.15, 0.2) is 84.3 Å².